The molecule has 0 spiro atoms. The summed E-state index contributed by atoms with van der Waals surface area (Å²) in [6.45, 7) is 5.45. The second-order valence-corrected chi connectivity index (χ2v) is 6.12. The van der Waals surface area contributed by atoms with Crippen molar-refractivity contribution in [2.45, 2.75) is 51.4 Å². The fraction of sp³-hybridized carbons (Fsp3) is 0.588. The van der Waals surface area contributed by atoms with Crippen LogP contribution in [0.2, 0.25) is 0 Å². The highest BCUT2D eigenvalue weighted by atomic mass is 16.5. The van der Waals surface area contributed by atoms with E-state index in [2.05, 4.69) is 5.32 Å². The number of rotatable bonds is 4. The van der Waals surface area contributed by atoms with E-state index in [1.54, 1.807) is 11.8 Å². The van der Waals surface area contributed by atoms with Crippen molar-refractivity contribution in [3.63, 3.8) is 0 Å². The summed E-state index contributed by atoms with van der Waals surface area (Å²) in [6.07, 6.45) is 1.95. The van der Waals surface area contributed by atoms with Crippen LogP contribution < -0.4 is 15.0 Å². The first kappa shape index (κ1) is 15.3. The lowest BCUT2D eigenvalue weighted by Gasteiger charge is -2.33. The Bertz CT molecular complexity index is 555. The number of nitrogens with one attached hydrogen (secondary N) is 1. The van der Waals surface area contributed by atoms with Crippen molar-refractivity contribution in [1.29, 1.82) is 0 Å². The van der Waals surface area contributed by atoms with Crippen molar-refractivity contribution in [3.05, 3.63) is 23.8 Å². The zero-order valence-corrected chi connectivity index (χ0v) is 13.2. The van der Waals surface area contributed by atoms with Crippen LogP contribution in [0, 0.1) is 0 Å². The number of anilines is 1. The van der Waals surface area contributed by atoms with E-state index in [1.807, 2.05) is 25.1 Å². The molecule has 2 N–H and O–H groups in total. The smallest absolute Gasteiger partial charge is 0.267 e. The van der Waals surface area contributed by atoms with Gasteiger partial charge in [0.1, 0.15) is 5.75 Å². The van der Waals surface area contributed by atoms with Crippen LogP contribution in [0.15, 0.2) is 18.2 Å². The molecule has 1 aromatic rings. The molecule has 3 atom stereocenters. The molecule has 120 valence electrons. The molecule has 0 bridgehead atoms. The number of aliphatic hydroxyl groups excluding tert-OH is 1. The van der Waals surface area contributed by atoms with Gasteiger partial charge in [0.05, 0.1) is 11.8 Å². The molecule has 3 unspecified atom stereocenters. The van der Waals surface area contributed by atoms with E-state index in [0.717, 1.165) is 42.8 Å². The highest BCUT2D eigenvalue weighted by Crippen LogP contribution is 2.37. The third-order valence-corrected chi connectivity index (χ3v) is 4.46. The van der Waals surface area contributed by atoms with Crippen LogP contribution in [0.4, 0.5) is 5.69 Å². The Morgan fingerprint density at radius 2 is 2.32 bits per heavy atom. The molecule has 1 amide bonds. The quantitative estimate of drug-likeness (QED) is 0.893. The Morgan fingerprint density at radius 3 is 3.00 bits per heavy atom. The number of carbonyl (C=O) groups excluding carboxylic acids is 1. The predicted octanol–water partition coefficient (Wildman–Crippen LogP) is 2.00. The topological polar surface area (TPSA) is 61.8 Å². The molecule has 0 radical (unpaired) electrons. The maximum atomic E-state index is 12.3. The van der Waals surface area contributed by atoms with Gasteiger partial charge in [-0.15, -0.1) is 0 Å². The summed E-state index contributed by atoms with van der Waals surface area (Å²) >= 11 is 0. The second-order valence-electron chi connectivity index (χ2n) is 6.12. The number of hydrogen-bond donors (Lipinski definition) is 2. The van der Waals surface area contributed by atoms with Crippen LogP contribution >= 0.6 is 0 Å². The molecule has 5 heteroatoms. The summed E-state index contributed by atoms with van der Waals surface area (Å²) in [5.41, 5.74) is 1.62. The Kier molecular flexibility index (Phi) is 4.36. The number of aliphatic hydroxyl groups is 1. The highest BCUT2D eigenvalue weighted by Gasteiger charge is 2.32. The Morgan fingerprint density at radius 1 is 1.50 bits per heavy atom. The molecule has 0 aromatic heterocycles. The molecule has 2 aliphatic heterocycles. The average Bonchev–Trinajstić information content (AvgIpc) is 3.05. The fourth-order valence-corrected chi connectivity index (χ4v) is 3.28. The van der Waals surface area contributed by atoms with Gasteiger partial charge in [-0.2, -0.15) is 0 Å². The number of benzene rings is 1. The molecular weight excluding hydrogens is 280 g/mol. The molecule has 1 fully saturated rings. The zero-order chi connectivity index (χ0) is 15.7. The van der Waals surface area contributed by atoms with Gasteiger partial charge in [0, 0.05) is 12.6 Å². The molecule has 5 nitrogen and oxygen atoms in total. The molecule has 2 heterocycles. The number of ether oxygens (including phenoxy) is 1. The van der Waals surface area contributed by atoms with E-state index in [1.165, 1.54) is 0 Å². The van der Waals surface area contributed by atoms with Crippen molar-refractivity contribution in [1.82, 2.24) is 5.32 Å². The van der Waals surface area contributed by atoms with Crippen LogP contribution in [0.3, 0.4) is 0 Å². The first-order chi connectivity index (χ1) is 10.6. The van der Waals surface area contributed by atoms with E-state index in [9.17, 15) is 9.90 Å². The van der Waals surface area contributed by atoms with Crippen LogP contribution in [-0.4, -0.2) is 36.2 Å². The van der Waals surface area contributed by atoms with Crippen molar-refractivity contribution < 1.29 is 14.6 Å². The second kappa shape index (κ2) is 6.26. The van der Waals surface area contributed by atoms with Gasteiger partial charge in [0.2, 0.25) is 0 Å². The standard InChI is InChI=1S/C17H24N2O3/c1-3-9-19-14-10-12(16(20)13-5-4-8-18-13)6-7-15(14)22-11(2)17(19)21/h6-7,10-11,13,16,18,20H,3-5,8-9H2,1-2H3. The highest BCUT2D eigenvalue weighted by molar-refractivity contribution is 5.99. The molecule has 1 aromatic carbocycles. The van der Waals surface area contributed by atoms with Crippen LogP contribution in [0.25, 0.3) is 0 Å². The van der Waals surface area contributed by atoms with Crippen molar-refractivity contribution >= 4 is 11.6 Å². The van der Waals surface area contributed by atoms with Crippen molar-refractivity contribution in [2.24, 2.45) is 0 Å². The number of hydrogen-bond acceptors (Lipinski definition) is 4. The number of fused-ring (bicyclic) bond motifs is 1. The summed E-state index contributed by atoms with van der Waals surface area (Å²) in [4.78, 5) is 14.1. The average molecular weight is 304 g/mol. The van der Waals surface area contributed by atoms with Crippen molar-refractivity contribution in [2.75, 3.05) is 18.0 Å². The largest absolute Gasteiger partial charge is 0.479 e. The first-order valence-corrected chi connectivity index (χ1v) is 8.15. The van der Waals surface area contributed by atoms with Gasteiger partial charge < -0.3 is 20.1 Å². The molecule has 0 saturated carbocycles. The Balaban J connectivity index is 1.92. The normalized spacial score (nSPS) is 25.8. The van der Waals surface area contributed by atoms with E-state index in [4.69, 9.17) is 4.74 Å². The minimum absolute atomic E-state index is 0.0139. The molecular formula is C17H24N2O3. The van der Waals surface area contributed by atoms with Gasteiger partial charge in [-0.25, -0.2) is 0 Å². The van der Waals surface area contributed by atoms with E-state index in [0.29, 0.717) is 6.54 Å². The predicted molar refractivity (Wildman–Crippen MR) is 85.2 cm³/mol. The maximum absolute atomic E-state index is 12.3. The van der Waals surface area contributed by atoms with E-state index < -0.39 is 12.2 Å². The lowest BCUT2D eigenvalue weighted by molar-refractivity contribution is -0.125. The number of nitrogens with zero attached hydrogens (tertiary/aromatic N) is 1. The third-order valence-electron chi connectivity index (χ3n) is 4.46. The van der Waals surface area contributed by atoms with Gasteiger partial charge in [-0.1, -0.05) is 13.0 Å². The molecule has 22 heavy (non-hydrogen) atoms. The van der Waals surface area contributed by atoms with Crippen LogP contribution in [-0.2, 0) is 4.79 Å². The summed E-state index contributed by atoms with van der Waals surface area (Å²) < 4.78 is 5.69. The SMILES string of the molecule is CCCN1C(=O)C(C)Oc2ccc(C(O)C3CCCN3)cc21. The lowest BCUT2D eigenvalue weighted by Crippen LogP contribution is -2.44. The summed E-state index contributed by atoms with van der Waals surface area (Å²) in [7, 11) is 0. The summed E-state index contributed by atoms with van der Waals surface area (Å²) in [5, 5.41) is 13.9. The maximum Gasteiger partial charge on any atom is 0.267 e. The lowest BCUT2D eigenvalue weighted by atomic mass is 9.99. The van der Waals surface area contributed by atoms with Gasteiger partial charge >= 0.3 is 0 Å². The molecule has 2 aliphatic rings. The monoisotopic (exact) mass is 304 g/mol. The van der Waals surface area contributed by atoms with Gasteiger partial charge in [0.15, 0.2) is 6.10 Å². The minimum Gasteiger partial charge on any atom is -0.479 e. The number of amides is 1. The third kappa shape index (κ3) is 2.71. The molecule has 1 saturated heterocycles. The van der Waals surface area contributed by atoms with Crippen LogP contribution in [0.1, 0.15) is 44.8 Å². The summed E-state index contributed by atoms with van der Waals surface area (Å²) in [5.74, 6) is 0.705. The zero-order valence-electron chi connectivity index (χ0n) is 13.2. The Labute approximate surface area is 131 Å². The van der Waals surface area contributed by atoms with E-state index >= 15 is 0 Å². The first-order valence-electron chi connectivity index (χ1n) is 8.15. The van der Waals surface area contributed by atoms with Gasteiger partial charge in [0.25, 0.3) is 5.91 Å². The van der Waals surface area contributed by atoms with Crippen molar-refractivity contribution in [3.8, 4) is 5.75 Å². The van der Waals surface area contributed by atoms with Gasteiger partial charge in [-0.3, -0.25) is 4.79 Å². The summed E-state index contributed by atoms with van der Waals surface area (Å²) in [6, 6.07) is 5.76. The van der Waals surface area contributed by atoms with Crippen LogP contribution in [0.5, 0.6) is 5.75 Å². The fourth-order valence-electron chi connectivity index (χ4n) is 3.28. The Hall–Kier alpha value is -1.59. The molecule has 3 rings (SSSR count). The molecule has 0 aliphatic carbocycles. The van der Waals surface area contributed by atoms with Gasteiger partial charge in [-0.05, 0) is 50.4 Å². The minimum atomic E-state index is -0.550. The number of carbonyl (C=O) groups is 1. The van der Waals surface area contributed by atoms with E-state index in [-0.39, 0.29) is 11.9 Å².